The van der Waals surface area contributed by atoms with Gasteiger partial charge in [-0.2, -0.15) is 0 Å². The highest BCUT2D eigenvalue weighted by Gasteiger charge is 2.07. The summed E-state index contributed by atoms with van der Waals surface area (Å²) in [6.07, 6.45) is 0. The lowest BCUT2D eigenvalue weighted by Crippen LogP contribution is -2.06. The van der Waals surface area contributed by atoms with E-state index in [-0.39, 0.29) is 0 Å². The Labute approximate surface area is 126 Å². The number of aryl methyl sites for hydroxylation is 2. The number of imidazole rings is 1. The van der Waals surface area contributed by atoms with Gasteiger partial charge in [0.15, 0.2) is 0 Å². The third kappa shape index (κ3) is 2.43. The number of hydrogen-bond acceptors (Lipinski definition) is 2. The van der Waals surface area contributed by atoms with Crippen LogP contribution in [-0.2, 0) is 13.6 Å². The van der Waals surface area contributed by atoms with Gasteiger partial charge in [0.25, 0.3) is 0 Å². The van der Waals surface area contributed by atoms with Gasteiger partial charge in [-0.05, 0) is 36.8 Å². The Morgan fingerprint density at radius 1 is 1.20 bits per heavy atom. The molecule has 1 heterocycles. The van der Waals surface area contributed by atoms with Crippen LogP contribution in [0.2, 0.25) is 0 Å². The minimum Gasteiger partial charge on any atom is -0.378 e. The second kappa shape index (κ2) is 5.29. The van der Waals surface area contributed by atoms with E-state index in [1.165, 1.54) is 5.56 Å². The average Bonchev–Trinajstić information content (AvgIpc) is 2.77. The summed E-state index contributed by atoms with van der Waals surface area (Å²) in [5.74, 6) is 1.03. The highest BCUT2D eigenvalue weighted by molar-refractivity contribution is 9.10. The number of fused-ring (bicyclic) bond motifs is 1. The second-order valence-corrected chi connectivity index (χ2v) is 5.80. The molecule has 0 saturated heterocycles. The van der Waals surface area contributed by atoms with Crippen LogP contribution in [0.1, 0.15) is 11.4 Å². The van der Waals surface area contributed by atoms with Crippen molar-refractivity contribution >= 4 is 32.7 Å². The number of nitrogens with zero attached hydrogens (tertiary/aromatic N) is 2. The molecule has 1 aromatic heterocycles. The highest BCUT2D eigenvalue weighted by atomic mass is 79.9. The molecule has 0 aliphatic heterocycles. The van der Waals surface area contributed by atoms with Gasteiger partial charge in [-0.25, -0.2) is 4.98 Å². The van der Waals surface area contributed by atoms with Crippen molar-refractivity contribution in [3.05, 3.63) is 58.3 Å². The molecule has 0 atom stereocenters. The first-order chi connectivity index (χ1) is 9.65. The largest absolute Gasteiger partial charge is 0.378 e. The van der Waals surface area contributed by atoms with Gasteiger partial charge in [0, 0.05) is 17.2 Å². The zero-order valence-corrected chi connectivity index (χ0v) is 13.1. The van der Waals surface area contributed by atoms with E-state index in [1.54, 1.807) is 0 Å². The van der Waals surface area contributed by atoms with Gasteiger partial charge >= 0.3 is 0 Å². The molecule has 0 spiro atoms. The first-order valence-corrected chi connectivity index (χ1v) is 7.35. The smallest absolute Gasteiger partial charge is 0.128 e. The molecule has 0 unspecified atom stereocenters. The van der Waals surface area contributed by atoms with E-state index in [0.717, 1.165) is 27.0 Å². The van der Waals surface area contributed by atoms with Crippen LogP contribution < -0.4 is 5.32 Å². The minimum atomic E-state index is 0.711. The number of halogens is 1. The number of rotatable bonds is 3. The first kappa shape index (κ1) is 13.2. The van der Waals surface area contributed by atoms with Crippen molar-refractivity contribution in [1.82, 2.24) is 9.55 Å². The fourth-order valence-electron chi connectivity index (χ4n) is 2.31. The molecule has 3 nitrogen and oxygen atoms in total. The maximum atomic E-state index is 4.67. The molecule has 0 radical (unpaired) electrons. The molecule has 0 aliphatic carbocycles. The third-order valence-corrected chi connectivity index (χ3v) is 4.01. The van der Waals surface area contributed by atoms with E-state index in [9.17, 15) is 0 Å². The monoisotopic (exact) mass is 329 g/mol. The average molecular weight is 330 g/mol. The molecule has 3 aromatic rings. The number of anilines is 1. The number of benzene rings is 2. The molecule has 20 heavy (non-hydrogen) atoms. The molecule has 3 rings (SSSR count). The van der Waals surface area contributed by atoms with Gasteiger partial charge < -0.3 is 9.88 Å². The standard InChI is InChI=1S/C16H16BrN3/c1-11-7-8-12(17)9-14(11)18-10-16-19-13-5-3-4-6-15(13)20(16)2/h3-9,18H,10H2,1-2H3. The van der Waals surface area contributed by atoms with Gasteiger partial charge in [0.05, 0.1) is 17.6 Å². The van der Waals surface area contributed by atoms with Gasteiger partial charge in [0.2, 0.25) is 0 Å². The Morgan fingerprint density at radius 2 is 2.00 bits per heavy atom. The number of para-hydroxylation sites is 2. The first-order valence-electron chi connectivity index (χ1n) is 6.55. The Hall–Kier alpha value is -1.81. The Bertz CT molecular complexity index is 762. The quantitative estimate of drug-likeness (QED) is 0.778. The molecule has 102 valence electrons. The summed E-state index contributed by atoms with van der Waals surface area (Å²) in [4.78, 5) is 4.67. The van der Waals surface area contributed by atoms with E-state index in [2.05, 4.69) is 69.0 Å². The van der Waals surface area contributed by atoms with Crippen LogP contribution >= 0.6 is 15.9 Å². The number of aromatic nitrogens is 2. The van der Waals surface area contributed by atoms with E-state index >= 15 is 0 Å². The third-order valence-electron chi connectivity index (χ3n) is 3.52. The fourth-order valence-corrected chi connectivity index (χ4v) is 2.67. The van der Waals surface area contributed by atoms with E-state index < -0.39 is 0 Å². The molecule has 0 amide bonds. The van der Waals surface area contributed by atoms with Crippen molar-refractivity contribution in [2.45, 2.75) is 13.5 Å². The van der Waals surface area contributed by atoms with E-state index in [0.29, 0.717) is 6.54 Å². The normalized spacial score (nSPS) is 10.9. The number of nitrogens with one attached hydrogen (secondary N) is 1. The van der Waals surface area contributed by atoms with Crippen molar-refractivity contribution in [3.8, 4) is 0 Å². The van der Waals surface area contributed by atoms with E-state index in [4.69, 9.17) is 0 Å². The van der Waals surface area contributed by atoms with Crippen molar-refractivity contribution in [2.24, 2.45) is 7.05 Å². The maximum Gasteiger partial charge on any atom is 0.128 e. The summed E-state index contributed by atoms with van der Waals surface area (Å²) < 4.78 is 3.21. The van der Waals surface area contributed by atoms with Gasteiger partial charge in [0.1, 0.15) is 5.82 Å². The Morgan fingerprint density at radius 3 is 2.80 bits per heavy atom. The van der Waals surface area contributed by atoms with Crippen LogP contribution in [0.3, 0.4) is 0 Å². The number of hydrogen-bond donors (Lipinski definition) is 1. The Balaban J connectivity index is 1.87. The SMILES string of the molecule is Cc1ccc(Br)cc1NCc1nc2ccccc2n1C. The molecule has 0 saturated carbocycles. The molecule has 2 aromatic carbocycles. The van der Waals surface area contributed by atoms with Crippen LogP contribution in [0.5, 0.6) is 0 Å². The van der Waals surface area contributed by atoms with Crippen LogP contribution in [0.4, 0.5) is 5.69 Å². The zero-order chi connectivity index (χ0) is 14.1. The van der Waals surface area contributed by atoms with Gasteiger partial charge in [-0.3, -0.25) is 0 Å². The lowest BCUT2D eigenvalue weighted by atomic mass is 10.2. The molecule has 0 aliphatic rings. The summed E-state index contributed by atoms with van der Waals surface area (Å²) in [6.45, 7) is 2.81. The van der Waals surface area contributed by atoms with Crippen molar-refractivity contribution in [2.75, 3.05) is 5.32 Å². The predicted octanol–water partition coefficient (Wildman–Crippen LogP) is 4.26. The summed E-state index contributed by atoms with van der Waals surface area (Å²) in [5.41, 5.74) is 4.56. The fraction of sp³-hybridized carbons (Fsp3) is 0.188. The lowest BCUT2D eigenvalue weighted by molar-refractivity contribution is 0.834. The Kier molecular flexibility index (Phi) is 3.49. The van der Waals surface area contributed by atoms with Crippen LogP contribution in [0.15, 0.2) is 46.9 Å². The van der Waals surface area contributed by atoms with Crippen LogP contribution in [0, 0.1) is 6.92 Å². The topological polar surface area (TPSA) is 29.9 Å². The molecule has 0 bridgehead atoms. The van der Waals surface area contributed by atoms with Crippen molar-refractivity contribution in [1.29, 1.82) is 0 Å². The molecule has 1 N–H and O–H groups in total. The van der Waals surface area contributed by atoms with Gasteiger partial charge in [-0.1, -0.05) is 34.1 Å². The molecular formula is C16H16BrN3. The van der Waals surface area contributed by atoms with Crippen molar-refractivity contribution < 1.29 is 0 Å². The zero-order valence-electron chi connectivity index (χ0n) is 11.5. The summed E-state index contributed by atoms with van der Waals surface area (Å²) in [6, 6.07) is 14.4. The molecule has 0 fully saturated rings. The maximum absolute atomic E-state index is 4.67. The summed E-state index contributed by atoms with van der Waals surface area (Å²) >= 11 is 3.50. The second-order valence-electron chi connectivity index (χ2n) is 4.89. The summed E-state index contributed by atoms with van der Waals surface area (Å²) in [5, 5.41) is 3.46. The summed E-state index contributed by atoms with van der Waals surface area (Å²) in [7, 11) is 2.06. The van der Waals surface area contributed by atoms with Crippen LogP contribution in [0.25, 0.3) is 11.0 Å². The predicted molar refractivity (Wildman–Crippen MR) is 86.9 cm³/mol. The van der Waals surface area contributed by atoms with Crippen LogP contribution in [-0.4, -0.2) is 9.55 Å². The minimum absolute atomic E-state index is 0.711. The lowest BCUT2D eigenvalue weighted by Gasteiger charge is -2.10. The molecular weight excluding hydrogens is 314 g/mol. The van der Waals surface area contributed by atoms with E-state index in [1.807, 2.05) is 18.2 Å². The molecule has 4 heteroatoms. The van der Waals surface area contributed by atoms with Crippen molar-refractivity contribution in [3.63, 3.8) is 0 Å². The van der Waals surface area contributed by atoms with Gasteiger partial charge in [-0.15, -0.1) is 0 Å². The highest BCUT2D eigenvalue weighted by Crippen LogP contribution is 2.22.